The van der Waals surface area contributed by atoms with E-state index in [-0.39, 0.29) is 0 Å². The van der Waals surface area contributed by atoms with Crippen molar-refractivity contribution in [1.82, 2.24) is 5.16 Å². The van der Waals surface area contributed by atoms with Crippen molar-refractivity contribution >= 4 is 52.4 Å². The minimum atomic E-state index is -2.43. The van der Waals surface area contributed by atoms with Gasteiger partial charge in [0.1, 0.15) is 17.0 Å². The summed E-state index contributed by atoms with van der Waals surface area (Å²) >= 11 is 18.3. The van der Waals surface area contributed by atoms with Crippen molar-refractivity contribution < 1.29 is 23.6 Å². The summed E-state index contributed by atoms with van der Waals surface area (Å²) < 4.78 is 13.5. The molecule has 3 aromatic rings. The fourth-order valence-electron chi connectivity index (χ4n) is 2.85. The Hall–Kier alpha value is -2.74. The number of amides is 1. The number of esters is 1. The average molecular weight is 512 g/mol. The second-order valence-corrected chi connectivity index (χ2v) is 9.74. The zero-order valence-corrected chi connectivity index (χ0v) is 20.5. The zero-order valence-electron chi connectivity index (χ0n) is 18.2. The second-order valence-electron chi connectivity index (χ2n) is 8.00. The van der Waals surface area contributed by atoms with Crippen molar-refractivity contribution in [1.29, 1.82) is 0 Å². The Morgan fingerprint density at radius 2 is 1.76 bits per heavy atom. The molecule has 0 bridgehead atoms. The Labute approximate surface area is 205 Å². The predicted octanol–water partition coefficient (Wildman–Crippen LogP) is 6.12. The second kappa shape index (κ2) is 9.63. The van der Waals surface area contributed by atoms with Crippen LogP contribution in [0.15, 0.2) is 53.1 Å². The Morgan fingerprint density at radius 1 is 1.06 bits per heavy atom. The highest BCUT2D eigenvalue weighted by atomic mass is 35.5. The Bertz CT molecular complexity index is 1180. The number of rotatable bonds is 6. The molecule has 174 valence electrons. The normalized spacial score (nSPS) is 11.7. The summed E-state index contributed by atoms with van der Waals surface area (Å²) in [6.45, 7) is 4.92. The maximum Gasteiger partial charge on any atom is 0.353 e. The van der Waals surface area contributed by atoms with Gasteiger partial charge in [0.15, 0.2) is 5.76 Å². The van der Waals surface area contributed by atoms with Crippen LogP contribution in [0.4, 0.5) is 5.69 Å². The van der Waals surface area contributed by atoms with Crippen molar-refractivity contribution in [2.45, 2.75) is 30.7 Å². The first-order chi connectivity index (χ1) is 15.4. The van der Waals surface area contributed by atoms with E-state index in [0.29, 0.717) is 39.0 Å². The predicted molar refractivity (Wildman–Crippen MR) is 128 cm³/mol. The maximum atomic E-state index is 12.6. The highest BCUT2D eigenvalue weighted by Gasteiger charge is 2.45. The standard InChI is InChI=1S/C23H21Cl3N2O5/c1-22(2,3)32-21(30)23(25,26)20(29)27-14-8-5-7-13(11-14)18-12-16(28-33-18)19-15(24)9-6-10-17(19)31-4/h5-12H,1-4H3,(H,27,29). The van der Waals surface area contributed by atoms with Crippen LogP contribution in [0.5, 0.6) is 5.75 Å². The monoisotopic (exact) mass is 510 g/mol. The third kappa shape index (κ3) is 5.79. The summed E-state index contributed by atoms with van der Waals surface area (Å²) in [5.74, 6) is -1.05. The van der Waals surface area contributed by atoms with Crippen LogP contribution in [0.25, 0.3) is 22.6 Å². The number of hydrogen-bond donors (Lipinski definition) is 1. The molecule has 0 radical (unpaired) electrons. The zero-order chi connectivity index (χ0) is 24.4. The van der Waals surface area contributed by atoms with Crippen LogP contribution >= 0.6 is 34.8 Å². The SMILES string of the molecule is COc1cccc(Cl)c1-c1cc(-c2cccc(NC(=O)C(Cl)(Cl)C(=O)OC(C)(C)C)c2)on1. The molecule has 2 aromatic carbocycles. The molecule has 33 heavy (non-hydrogen) atoms. The molecule has 0 fully saturated rings. The van der Waals surface area contributed by atoms with Crippen LogP contribution in [0, 0.1) is 0 Å². The Kier molecular flexibility index (Phi) is 7.26. The lowest BCUT2D eigenvalue weighted by Gasteiger charge is -2.24. The minimum Gasteiger partial charge on any atom is -0.496 e. The molecule has 7 nitrogen and oxygen atoms in total. The van der Waals surface area contributed by atoms with E-state index in [1.54, 1.807) is 69.3 Å². The number of hydrogen-bond acceptors (Lipinski definition) is 6. The van der Waals surface area contributed by atoms with Crippen molar-refractivity contribution in [3.8, 4) is 28.3 Å². The van der Waals surface area contributed by atoms with Crippen LogP contribution in [-0.4, -0.2) is 34.1 Å². The highest BCUT2D eigenvalue weighted by Crippen LogP contribution is 2.37. The molecule has 0 saturated carbocycles. The number of alkyl halides is 2. The van der Waals surface area contributed by atoms with Gasteiger partial charge >= 0.3 is 5.97 Å². The smallest absolute Gasteiger partial charge is 0.353 e. The lowest BCUT2D eigenvalue weighted by atomic mass is 10.1. The molecule has 0 unspecified atom stereocenters. The fourth-order valence-corrected chi connectivity index (χ4v) is 3.28. The molecular formula is C23H21Cl3N2O5. The average Bonchev–Trinajstić information content (AvgIpc) is 3.22. The number of carbonyl (C=O) groups is 2. The molecule has 3 rings (SSSR count). The lowest BCUT2D eigenvalue weighted by Crippen LogP contribution is -2.44. The van der Waals surface area contributed by atoms with E-state index in [4.69, 9.17) is 48.8 Å². The van der Waals surface area contributed by atoms with E-state index in [1.807, 2.05) is 0 Å². The van der Waals surface area contributed by atoms with Gasteiger partial charge in [0.2, 0.25) is 0 Å². The third-order valence-electron chi connectivity index (χ3n) is 4.31. The van der Waals surface area contributed by atoms with Crippen LogP contribution in [-0.2, 0) is 14.3 Å². The summed E-state index contributed by atoms with van der Waals surface area (Å²) in [5.41, 5.74) is 1.14. The summed E-state index contributed by atoms with van der Waals surface area (Å²) in [6.07, 6.45) is 0. The first kappa shape index (κ1) is 24.9. The number of carbonyl (C=O) groups excluding carboxylic acids is 2. The van der Waals surface area contributed by atoms with Crippen molar-refractivity contribution in [3.63, 3.8) is 0 Å². The third-order valence-corrected chi connectivity index (χ3v) is 5.27. The summed E-state index contributed by atoms with van der Waals surface area (Å²) in [5, 5.41) is 7.06. The number of halogens is 3. The van der Waals surface area contributed by atoms with Gasteiger partial charge in [-0.05, 0) is 45.0 Å². The molecule has 0 spiro atoms. The topological polar surface area (TPSA) is 90.7 Å². The van der Waals surface area contributed by atoms with Crippen LogP contribution in [0.2, 0.25) is 5.02 Å². The summed E-state index contributed by atoms with van der Waals surface area (Å²) in [4.78, 5) is 24.8. The maximum absolute atomic E-state index is 12.6. The van der Waals surface area contributed by atoms with Gasteiger partial charge in [0.25, 0.3) is 10.2 Å². The first-order valence-electron chi connectivity index (χ1n) is 9.75. The highest BCUT2D eigenvalue weighted by molar-refractivity contribution is 6.68. The van der Waals surface area contributed by atoms with Crippen molar-refractivity contribution in [2.24, 2.45) is 0 Å². The molecule has 1 N–H and O–H groups in total. The molecule has 0 aliphatic heterocycles. The van der Waals surface area contributed by atoms with Gasteiger partial charge in [-0.15, -0.1) is 0 Å². The summed E-state index contributed by atoms with van der Waals surface area (Å²) in [6, 6.07) is 13.6. The largest absolute Gasteiger partial charge is 0.496 e. The number of aromatic nitrogens is 1. The molecule has 0 atom stereocenters. The van der Waals surface area contributed by atoms with Crippen LogP contribution in [0.1, 0.15) is 20.8 Å². The number of benzene rings is 2. The van der Waals surface area contributed by atoms with Crippen LogP contribution in [0.3, 0.4) is 0 Å². The quantitative estimate of drug-likeness (QED) is 0.243. The van der Waals surface area contributed by atoms with E-state index in [9.17, 15) is 9.59 Å². The molecule has 0 aliphatic carbocycles. The number of nitrogens with zero attached hydrogens (tertiary/aromatic N) is 1. The number of methoxy groups -OCH3 is 1. The molecule has 10 heteroatoms. The molecular weight excluding hydrogens is 491 g/mol. The molecule has 0 saturated heterocycles. The molecule has 0 aliphatic rings. The van der Waals surface area contributed by atoms with Crippen molar-refractivity contribution in [3.05, 3.63) is 53.6 Å². The lowest BCUT2D eigenvalue weighted by molar-refractivity contribution is -0.156. The van der Waals surface area contributed by atoms with Gasteiger partial charge in [-0.25, -0.2) is 4.79 Å². The number of anilines is 1. The van der Waals surface area contributed by atoms with E-state index >= 15 is 0 Å². The molecule has 1 heterocycles. The van der Waals surface area contributed by atoms with Gasteiger partial charge in [-0.3, -0.25) is 4.79 Å². The summed E-state index contributed by atoms with van der Waals surface area (Å²) in [7, 11) is 1.54. The number of ether oxygens (including phenoxy) is 2. The van der Waals surface area contributed by atoms with Gasteiger partial charge < -0.3 is 19.3 Å². The Balaban J connectivity index is 1.83. The molecule has 1 amide bonds. The molecule has 1 aromatic heterocycles. The van der Waals surface area contributed by atoms with Gasteiger partial charge in [-0.2, -0.15) is 0 Å². The van der Waals surface area contributed by atoms with Gasteiger partial charge in [0.05, 0.1) is 17.7 Å². The van der Waals surface area contributed by atoms with Crippen LogP contribution < -0.4 is 10.1 Å². The van der Waals surface area contributed by atoms with Gasteiger partial charge in [0, 0.05) is 17.3 Å². The minimum absolute atomic E-state index is 0.333. The Morgan fingerprint density at radius 3 is 2.42 bits per heavy atom. The number of nitrogens with one attached hydrogen (secondary N) is 1. The van der Waals surface area contributed by atoms with E-state index < -0.39 is 21.8 Å². The fraction of sp³-hybridized carbons (Fsp3) is 0.261. The van der Waals surface area contributed by atoms with Crippen molar-refractivity contribution in [2.75, 3.05) is 12.4 Å². The van der Waals surface area contributed by atoms with E-state index in [1.165, 1.54) is 7.11 Å². The van der Waals surface area contributed by atoms with E-state index in [0.717, 1.165) is 0 Å². The first-order valence-corrected chi connectivity index (χ1v) is 10.9. The van der Waals surface area contributed by atoms with E-state index in [2.05, 4.69) is 10.5 Å². The van der Waals surface area contributed by atoms with Gasteiger partial charge in [-0.1, -0.05) is 58.2 Å².